The van der Waals surface area contributed by atoms with Crippen LogP contribution in [-0.2, 0) is 9.59 Å². The van der Waals surface area contributed by atoms with Gasteiger partial charge in [-0.25, -0.2) is 0 Å². The first-order valence-corrected chi connectivity index (χ1v) is 11.1. The van der Waals surface area contributed by atoms with Crippen LogP contribution in [0.4, 0.5) is 5.69 Å². The van der Waals surface area contributed by atoms with Crippen molar-refractivity contribution in [3.63, 3.8) is 0 Å². The second kappa shape index (κ2) is 10.6. The molecule has 1 saturated heterocycles. The van der Waals surface area contributed by atoms with Crippen LogP contribution in [0.2, 0.25) is 0 Å². The molecule has 1 aliphatic rings. The van der Waals surface area contributed by atoms with Crippen LogP contribution in [0.25, 0.3) is 5.76 Å². The molecule has 8 nitrogen and oxygen atoms in total. The number of likely N-dealkylation sites (tertiary alicyclic amines) is 1. The summed E-state index contributed by atoms with van der Waals surface area (Å²) in [5.74, 6) is -0.753. The quantitative estimate of drug-likeness (QED) is 0.345. The first-order chi connectivity index (χ1) is 16.2. The number of aliphatic hydroxyl groups is 1. The van der Waals surface area contributed by atoms with Crippen molar-refractivity contribution in [3.05, 3.63) is 59.2 Å². The first kappa shape index (κ1) is 25.1. The van der Waals surface area contributed by atoms with Crippen molar-refractivity contribution < 1.29 is 24.2 Å². The van der Waals surface area contributed by atoms with Crippen LogP contribution >= 0.6 is 0 Å². The van der Waals surface area contributed by atoms with Gasteiger partial charge in [0, 0.05) is 26.3 Å². The number of methoxy groups -OCH3 is 2. The molecule has 1 unspecified atom stereocenters. The topological polar surface area (TPSA) is 82.5 Å². The molecule has 0 saturated carbocycles. The van der Waals surface area contributed by atoms with Gasteiger partial charge in [0.05, 0.1) is 31.4 Å². The number of carbonyl (C=O) groups excluding carboxylic acids is 2. The average Bonchev–Trinajstić information content (AvgIpc) is 3.08. The summed E-state index contributed by atoms with van der Waals surface area (Å²) in [5.41, 5.74) is 2.07. The fraction of sp³-hybridized carbons (Fsp3) is 0.385. The number of nitrogens with zero attached hydrogens (tertiary/aromatic N) is 3. The Bertz CT molecular complexity index is 1080. The van der Waals surface area contributed by atoms with Gasteiger partial charge < -0.3 is 29.3 Å². The number of anilines is 1. The Morgan fingerprint density at radius 2 is 1.68 bits per heavy atom. The maximum absolute atomic E-state index is 13.2. The number of hydrogen-bond acceptors (Lipinski definition) is 7. The zero-order valence-electron chi connectivity index (χ0n) is 20.7. The lowest BCUT2D eigenvalue weighted by Crippen LogP contribution is -2.32. The van der Waals surface area contributed by atoms with Gasteiger partial charge in [-0.15, -0.1) is 0 Å². The van der Waals surface area contributed by atoms with Crippen LogP contribution in [0.3, 0.4) is 0 Å². The minimum atomic E-state index is -0.714. The van der Waals surface area contributed by atoms with Gasteiger partial charge in [-0.1, -0.05) is 12.1 Å². The molecule has 1 N–H and O–H groups in total. The SMILES string of the molecule is COc1ccc(OC)c(/C(O)=C2\C(=O)C(=O)N(CCCN(C)C)C2c2ccc(N(C)C)cc2)c1. The van der Waals surface area contributed by atoms with E-state index in [1.807, 2.05) is 62.3 Å². The molecular formula is C26H33N3O5. The highest BCUT2D eigenvalue weighted by Crippen LogP contribution is 2.42. The number of ketones is 1. The van der Waals surface area contributed by atoms with Gasteiger partial charge in [-0.05, 0) is 63.0 Å². The van der Waals surface area contributed by atoms with Crippen LogP contribution in [-0.4, -0.2) is 82.1 Å². The first-order valence-electron chi connectivity index (χ1n) is 11.1. The Morgan fingerprint density at radius 1 is 1.00 bits per heavy atom. The van der Waals surface area contributed by atoms with E-state index in [4.69, 9.17) is 9.47 Å². The fourth-order valence-corrected chi connectivity index (χ4v) is 4.11. The normalized spacial score (nSPS) is 17.4. The smallest absolute Gasteiger partial charge is 0.295 e. The van der Waals surface area contributed by atoms with Crippen molar-refractivity contribution in [3.8, 4) is 11.5 Å². The molecule has 3 rings (SSSR count). The van der Waals surface area contributed by atoms with Crippen LogP contribution in [0.1, 0.15) is 23.6 Å². The third-order valence-electron chi connectivity index (χ3n) is 5.93. The molecule has 1 fully saturated rings. The van der Waals surface area contributed by atoms with Gasteiger partial charge in [0.25, 0.3) is 11.7 Å². The Kier molecular flexibility index (Phi) is 7.83. The molecule has 2 aromatic carbocycles. The van der Waals surface area contributed by atoms with Crippen LogP contribution in [0.5, 0.6) is 11.5 Å². The fourth-order valence-electron chi connectivity index (χ4n) is 4.11. The van der Waals surface area contributed by atoms with Gasteiger partial charge in [0.1, 0.15) is 17.3 Å². The molecule has 0 aromatic heterocycles. The lowest BCUT2D eigenvalue weighted by molar-refractivity contribution is -0.139. The Balaban J connectivity index is 2.16. The molecular weight excluding hydrogens is 434 g/mol. The number of hydrogen-bond donors (Lipinski definition) is 1. The van der Waals surface area contributed by atoms with Crippen molar-refractivity contribution in [2.24, 2.45) is 0 Å². The van der Waals surface area contributed by atoms with Crippen LogP contribution < -0.4 is 14.4 Å². The summed E-state index contributed by atoms with van der Waals surface area (Å²) >= 11 is 0. The molecule has 1 amide bonds. The molecule has 0 bridgehead atoms. The van der Waals surface area contributed by atoms with E-state index in [0.29, 0.717) is 30.0 Å². The number of aliphatic hydroxyl groups excluding tert-OH is 1. The molecule has 1 atom stereocenters. The largest absolute Gasteiger partial charge is 0.507 e. The third kappa shape index (κ3) is 5.02. The van der Waals surface area contributed by atoms with E-state index in [2.05, 4.69) is 0 Å². The van der Waals surface area contributed by atoms with Crippen LogP contribution in [0, 0.1) is 0 Å². The van der Waals surface area contributed by atoms with Gasteiger partial charge in [0.2, 0.25) is 0 Å². The minimum absolute atomic E-state index is 0.0407. The van der Waals surface area contributed by atoms with Crippen LogP contribution in [0.15, 0.2) is 48.0 Å². The standard InChI is InChI=1S/C26H33N3O5/c1-27(2)14-7-15-29-23(17-8-10-18(11-9-17)28(3)4)22(25(31)26(29)32)24(30)20-16-19(33-5)12-13-21(20)34-6/h8-13,16,23,30H,7,14-15H2,1-6H3/b24-22+. The zero-order valence-corrected chi connectivity index (χ0v) is 20.7. The molecule has 1 aliphatic heterocycles. The van der Waals surface area contributed by atoms with Gasteiger partial charge in [0.15, 0.2) is 0 Å². The monoisotopic (exact) mass is 467 g/mol. The summed E-state index contributed by atoms with van der Waals surface area (Å²) in [6.07, 6.45) is 0.689. The summed E-state index contributed by atoms with van der Waals surface area (Å²) in [4.78, 5) is 31.9. The highest BCUT2D eigenvalue weighted by Gasteiger charge is 2.46. The molecule has 0 radical (unpaired) electrons. The van der Waals surface area contributed by atoms with Crippen molar-refractivity contribution in [2.45, 2.75) is 12.5 Å². The maximum atomic E-state index is 13.2. The highest BCUT2D eigenvalue weighted by atomic mass is 16.5. The highest BCUT2D eigenvalue weighted by molar-refractivity contribution is 6.46. The Hall–Kier alpha value is -3.52. The summed E-state index contributed by atoms with van der Waals surface area (Å²) in [6.45, 7) is 1.15. The summed E-state index contributed by atoms with van der Waals surface area (Å²) < 4.78 is 10.7. The predicted molar refractivity (Wildman–Crippen MR) is 132 cm³/mol. The zero-order chi connectivity index (χ0) is 25.0. The van der Waals surface area contributed by atoms with E-state index in [-0.39, 0.29) is 11.3 Å². The lowest BCUT2D eigenvalue weighted by Gasteiger charge is -2.26. The maximum Gasteiger partial charge on any atom is 0.295 e. The van der Waals surface area contributed by atoms with E-state index in [1.165, 1.54) is 14.2 Å². The van der Waals surface area contributed by atoms with Crippen molar-refractivity contribution in [1.29, 1.82) is 0 Å². The molecule has 2 aromatic rings. The van der Waals surface area contributed by atoms with Gasteiger partial charge >= 0.3 is 0 Å². The second-order valence-electron chi connectivity index (χ2n) is 8.70. The minimum Gasteiger partial charge on any atom is -0.507 e. The molecule has 8 heteroatoms. The number of ether oxygens (including phenoxy) is 2. The third-order valence-corrected chi connectivity index (χ3v) is 5.93. The average molecular weight is 468 g/mol. The molecule has 1 heterocycles. The summed E-state index contributed by atoms with van der Waals surface area (Å²) in [7, 11) is 10.8. The van der Waals surface area contributed by atoms with Gasteiger partial charge in [-0.3, -0.25) is 9.59 Å². The predicted octanol–water partition coefficient (Wildman–Crippen LogP) is 3.14. The Morgan fingerprint density at radius 3 is 2.24 bits per heavy atom. The van der Waals surface area contributed by atoms with Crippen molar-refractivity contribution in [2.75, 3.05) is 60.4 Å². The second-order valence-corrected chi connectivity index (χ2v) is 8.70. The number of rotatable bonds is 9. The summed E-state index contributed by atoms with van der Waals surface area (Å²) in [5, 5.41) is 11.4. The van der Waals surface area contributed by atoms with E-state index < -0.39 is 17.7 Å². The summed E-state index contributed by atoms with van der Waals surface area (Å²) in [6, 6.07) is 11.9. The van der Waals surface area contributed by atoms with E-state index >= 15 is 0 Å². The van der Waals surface area contributed by atoms with Crippen molar-refractivity contribution >= 4 is 23.1 Å². The molecule has 0 aliphatic carbocycles. The molecule has 182 valence electrons. The number of carbonyl (C=O) groups is 2. The van der Waals surface area contributed by atoms with Gasteiger partial charge in [-0.2, -0.15) is 0 Å². The van der Waals surface area contributed by atoms with Crippen molar-refractivity contribution in [1.82, 2.24) is 9.80 Å². The number of Topliss-reactive ketones (excluding diaryl/α,β-unsaturated/α-hetero) is 1. The van der Waals surface area contributed by atoms with E-state index in [9.17, 15) is 14.7 Å². The van der Waals surface area contributed by atoms with E-state index in [0.717, 1.165) is 17.8 Å². The molecule has 0 spiro atoms. The Labute approximate surface area is 201 Å². The number of amides is 1. The number of benzene rings is 2. The van der Waals surface area contributed by atoms with E-state index in [1.54, 1.807) is 23.1 Å². The molecule has 34 heavy (non-hydrogen) atoms. The lowest BCUT2D eigenvalue weighted by atomic mass is 9.94.